The molecule has 2 heterocycles. The largest absolute Gasteiger partial charge is 0.340 e. The van der Waals surface area contributed by atoms with Crippen LogP contribution in [0.4, 0.5) is 0 Å². The van der Waals surface area contributed by atoms with Crippen LogP contribution in [0, 0.1) is 5.92 Å². The summed E-state index contributed by atoms with van der Waals surface area (Å²) in [5, 5.41) is 3.51. The van der Waals surface area contributed by atoms with Gasteiger partial charge in [-0.1, -0.05) is 6.92 Å². The Balaban J connectivity index is 1.78. The second-order valence-corrected chi connectivity index (χ2v) is 6.39. The van der Waals surface area contributed by atoms with E-state index in [1.165, 1.54) is 12.8 Å². The zero-order valence-corrected chi connectivity index (χ0v) is 12.7. The summed E-state index contributed by atoms with van der Waals surface area (Å²) in [6, 6.07) is 0.988. The lowest BCUT2D eigenvalue weighted by Crippen LogP contribution is -2.52. The molecule has 0 radical (unpaired) electrons. The molecule has 0 aromatic rings. The zero-order chi connectivity index (χ0) is 13.8. The standard InChI is InChI=1S/C15H29N3O/c1-12(2)17-7-9-18(10-8-17)15(19)11-14-13(3)5-4-6-16-14/h12-14,16H,4-11H2,1-3H3. The van der Waals surface area contributed by atoms with Crippen LogP contribution in [0.3, 0.4) is 0 Å². The number of nitrogens with one attached hydrogen (secondary N) is 1. The fourth-order valence-electron chi connectivity index (χ4n) is 3.19. The number of carbonyl (C=O) groups excluding carboxylic acids is 1. The highest BCUT2D eigenvalue weighted by molar-refractivity contribution is 5.77. The van der Waals surface area contributed by atoms with Crippen LogP contribution in [-0.2, 0) is 4.79 Å². The third-order valence-corrected chi connectivity index (χ3v) is 4.72. The summed E-state index contributed by atoms with van der Waals surface area (Å²) in [6.07, 6.45) is 3.19. The molecule has 0 spiro atoms. The van der Waals surface area contributed by atoms with E-state index in [2.05, 4.69) is 35.9 Å². The number of piperazine rings is 1. The van der Waals surface area contributed by atoms with E-state index in [0.717, 1.165) is 32.7 Å². The first-order chi connectivity index (χ1) is 9.08. The van der Waals surface area contributed by atoms with Crippen LogP contribution in [0.2, 0.25) is 0 Å². The van der Waals surface area contributed by atoms with Crippen molar-refractivity contribution in [3.05, 3.63) is 0 Å². The Morgan fingerprint density at radius 2 is 1.95 bits per heavy atom. The molecule has 2 aliphatic rings. The van der Waals surface area contributed by atoms with Crippen molar-refractivity contribution in [3.63, 3.8) is 0 Å². The predicted molar refractivity (Wildman–Crippen MR) is 78.1 cm³/mol. The van der Waals surface area contributed by atoms with Gasteiger partial charge < -0.3 is 10.2 Å². The Kier molecular flexibility index (Phi) is 5.22. The van der Waals surface area contributed by atoms with Crippen molar-refractivity contribution in [1.82, 2.24) is 15.1 Å². The van der Waals surface area contributed by atoms with Crippen molar-refractivity contribution in [1.29, 1.82) is 0 Å². The Labute approximate surface area is 117 Å². The first-order valence-corrected chi connectivity index (χ1v) is 7.83. The number of amides is 1. The molecule has 0 aromatic carbocycles. The lowest BCUT2D eigenvalue weighted by molar-refractivity contribution is -0.134. The minimum absolute atomic E-state index is 0.342. The van der Waals surface area contributed by atoms with Crippen molar-refractivity contribution in [2.75, 3.05) is 32.7 Å². The maximum atomic E-state index is 12.4. The van der Waals surface area contributed by atoms with Gasteiger partial charge in [-0.25, -0.2) is 0 Å². The lowest BCUT2D eigenvalue weighted by Gasteiger charge is -2.38. The predicted octanol–water partition coefficient (Wildman–Crippen LogP) is 1.32. The van der Waals surface area contributed by atoms with Crippen molar-refractivity contribution >= 4 is 5.91 Å². The summed E-state index contributed by atoms with van der Waals surface area (Å²) in [5.41, 5.74) is 0. The third kappa shape index (κ3) is 3.93. The SMILES string of the molecule is CC1CCCNC1CC(=O)N1CCN(C(C)C)CC1. The molecule has 110 valence electrons. The number of piperidine rings is 1. The molecule has 2 unspecified atom stereocenters. The maximum absolute atomic E-state index is 12.4. The fraction of sp³-hybridized carbons (Fsp3) is 0.933. The van der Waals surface area contributed by atoms with Gasteiger partial charge in [-0.15, -0.1) is 0 Å². The zero-order valence-electron chi connectivity index (χ0n) is 12.7. The van der Waals surface area contributed by atoms with E-state index in [1.807, 2.05) is 0 Å². The maximum Gasteiger partial charge on any atom is 0.224 e. The Hall–Kier alpha value is -0.610. The van der Waals surface area contributed by atoms with Gasteiger partial charge in [0.05, 0.1) is 0 Å². The molecule has 2 aliphatic heterocycles. The van der Waals surface area contributed by atoms with Crippen LogP contribution in [0.25, 0.3) is 0 Å². The monoisotopic (exact) mass is 267 g/mol. The molecule has 4 heteroatoms. The lowest BCUT2D eigenvalue weighted by atomic mass is 9.90. The van der Waals surface area contributed by atoms with Gasteiger partial charge in [0, 0.05) is 44.7 Å². The topological polar surface area (TPSA) is 35.6 Å². The van der Waals surface area contributed by atoms with Gasteiger partial charge >= 0.3 is 0 Å². The highest BCUT2D eigenvalue weighted by Crippen LogP contribution is 2.19. The minimum Gasteiger partial charge on any atom is -0.340 e. The summed E-state index contributed by atoms with van der Waals surface area (Å²) < 4.78 is 0. The molecule has 0 aliphatic carbocycles. The molecule has 2 atom stereocenters. The molecular weight excluding hydrogens is 238 g/mol. The minimum atomic E-state index is 0.342. The Morgan fingerprint density at radius 1 is 1.26 bits per heavy atom. The normalized spacial score (nSPS) is 29.8. The molecular formula is C15H29N3O. The summed E-state index contributed by atoms with van der Waals surface area (Å²) in [6.45, 7) is 11.6. The molecule has 0 saturated carbocycles. The first-order valence-electron chi connectivity index (χ1n) is 7.83. The average molecular weight is 267 g/mol. The van der Waals surface area contributed by atoms with Gasteiger partial charge in [-0.2, -0.15) is 0 Å². The molecule has 19 heavy (non-hydrogen) atoms. The molecule has 1 amide bonds. The molecule has 2 fully saturated rings. The van der Waals surface area contributed by atoms with Gasteiger partial charge in [0.15, 0.2) is 0 Å². The smallest absolute Gasteiger partial charge is 0.224 e. The van der Waals surface area contributed by atoms with Crippen molar-refractivity contribution in [2.24, 2.45) is 5.92 Å². The quantitative estimate of drug-likeness (QED) is 0.837. The molecule has 4 nitrogen and oxygen atoms in total. The fourth-order valence-corrected chi connectivity index (χ4v) is 3.19. The van der Waals surface area contributed by atoms with Crippen LogP contribution >= 0.6 is 0 Å². The Bertz CT molecular complexity index is 298. The first kappa shape index (κ1) is 14.8. The highest BCUT2D eigenvalue weighted by Gasteiger charge is 2.27. The Morgan fingerprint density at radius 3 is 2.53 bits per heavy atom. The third-order valence-electron chi connectivity index (χ3n) is 4.72. The van der Waals surface area contributed by atoms with E-state index in [-0.39, 0.29) is 0 Å². The van der Waals surface area contributed by atoms with Gasteiger partial charge in [-0.05, 0) is 39.2 Å². The summed E-state index contributed by atoms with van der Waals surface area (Å²) in [4.78, 5) is 16.9. The molecule has 2 saturated heterocycles. The van der Waals surface area contributed by atoms with E-state index in [9.17, 15) is 4.79 Å². The van der Waals surface area contributed by atoms with Crippen LogP contribution in [-0.4, -0.2) is 60.5 Å². The molecule has 1 N–H and O–H groups in total. The highest BCUT2D eigenvalue weighted by atomic mass is 16.2. The number of rotatable bonds is 3. The van der Waals surface area contributed by atoms with Gasteiger partial charge in [0.2, 0.25) is 5.91 Å². The summed E-state index contributed by atoms with van der Waals surface area (Å²) in [7, 11) is 0. The van der Waals surface area contributed by atoms with Crippen LogP contribution in [0.5, 0.6) is 0 Å². The van der Waals surface area contributed by atoms with Crippen LogP contribution < -0.4 is 5.32 Å². The number of carbonyl (C=O) groups is 1. The second kappa shape index (κ2) is 6.71. The molecule has 0 bridgehead atoms. The number of hydrogen-bond acceptors (Lipinski definition) is 3. The van der Waals surface area contributed by atoms with Crippen LogP contribution in [0.1, 0.15) is 40.0 Å². The second-order valence-electron chi connectivity index (χ2n) is 6.39. The van der Waals surface area contributed by atoms with E-state index in [1.54, 1.807) is 0 Å². The summed E-state index contributed by atoms with van der Waals surface area (Å²) >= 11 is 0. The van der Waals surface area contributed by atoms with Gasteiger partial charge in [0.1, 0.15) is 0 Å². The van der Waals surface area contributed by atoms with E-state index >= 15 is 0 Å². The van der Waals surface area contributed by atoms with Crippen molar-refractivity contribution < 1.29 is 4.79 Å². The average Bonchev–Trinajstić information content (AvgIpc) is 2.41. The van der Waals surface area contributed by atoms with Gasteiger partial charge in [0.25, 0.3) is 0 Å². The van der Waals surface area contributed by atoms with Crippen molar-refractivity contribution in [3.8, 4) is 0 Å². The molecule has 2 rings (SSSR count). The van der Waals surface area contributed by atoms with E-state index in [0.29, 0.717) is 30.3 Å². The van der Waals surface area contributed by atoms with E-state index < -0.39 is 0 Å². The number of hydrogen-bond donors (Lipinski definition) is 1. The van der Waals surface area contributed by atoms with E-state index in [4.69, 9.17) is 0 Å². The van der Waals surface area contributed by atoms with Crippen LogP contribution in [0.15, 0.2) is 0 Å². The number of nitrogens with zero attached hydrogens (tertiary/aromatic N) is 2. The summed E-state index contributed by atoms with van der Waals surface area (Å²) in [5.74, 6) is 0.976. The van der Waals surface area contributed by atoms with Gasteiger partial charge in [-0.3, -0.25) is 9.69 Å². The molecule has 0 aromatic heterocycles. The van der Waals surface area contributed by atoms with Crippen molar-refractivity contribution in [2.45, 2.75) is 52.1 Å².